The zero-order valence-electron chi connectivity index (χ0n) is 23.7. The standard InChI is InChI=1S/C33H34N4O5S/c38-32(36-24-22-35(23-25-36)21-20-27-10-4-1-5-11-27)26-34-33(39)28-16-18-31(19-17-28)43(40,41)37(29-12-6-2-7-13-29)42-30-14-8-3-9-15-30/h1-19H,20-26H2,(H,34,39). The lowest BCUT2D eigenvalue weighted by molar-refractivity contribution is -0.131. The van der Waals surface area contributed by atoms with Gasteiger partial charge in [0.2, 0.25) is 5.91 Å². The van der Waals surface area contributed by atoms with E-state index in [1.807, 2.05) is 18.2 Å². The molecule has 0 radical (unpaired) electrons. The highest BCUT2D eigenvalue weighted by atomic mass is 32.2. The minimum Gasteiger partial charge on any atom is -0.364 e. The third-order valence-electron chi connectivity index (χ3n) is 7.22. The van der Waals surface area contributed by atoms with Gasteiger partial charge in [-0.2, -0.15) is 8.42 Å². The lowest BCUT2D eigenvalue weighted by atomic mass is 10.1. The van der Waals surface area contributed by atoms with E-state index in [1.54, 1.807) is 65.6 Å². The van der Waals surface area contributed by atoms with Crippen molar-refractivity contribution in [3.8, 4) is 5.75 Å². The van der Waals surface area contributed by atoms with Crippen LogP contribution in [-0.2, 0) is 21.2 Å². The van der Waals surface area contributed by atoms with Crippen molar-refractivity contribution in [2.45, 2.75) is 11.3 Å². The first-order valence-corrected chi connectivity index (χ1v) is 15.6. The second-order valence-corrected chi connectivity index (χ2v) is 11.9. The monoisotopic (exact) mass is 598 g/mol. The summed E-state index contributed by atoms with van der Waals surface area (Å²) in [5.74, 6) is -0.254. The molecule has 1 saturated heterocycles. The molecule has 0 unspecified atom stereocenters. The van der Waals surface area contributed by atoms with Crippen molar-refractivity contribution in [2.75, 3.05) is 43.7 Å². The number of rotatable bonds is 11. The molecule has 1 N–H and O–H groups in total. The predicted molar refractivity (Wildman–Crippen MR) is 165 cm³/mol. The van der Waals surface area contributed by atoms with Crippen LogP contribution in [0.5, 0.6) is 5.75 Å². The van der Waals surface area contributed by atoms with Crippen LogP contribution in [0.3, 0.4) is 0 Å². The third-order valence-corrected chi connectivity index (χ3v) is 8.81. The Morgan fingerprint density at radius 1 is 0.744 bits per heavy atom. The molecule has 4 aromatic rings. The number of carbonyl (C=O) groups excluding carboxylic acids is 2. The molecule has 2 amide bonds. The van der Waals surface area contributed by atoms with Gasteiger partial charge in [0.25, 0.3) is 15.9 Å². The highest BCUT2D eigenvalue weighted by Gasteiger charge is 2.28. The van der Waals surface area contributed by atoms with E-state index >= 15 is 0 Å². The molecule has 0 aromatic heterocycles. The molecular weight excluding hydrogens is 564 g/mol. The van der Waals surface area contributed by atoms with Crippen molar-refractivity contribution in [1.82, 2.24) is 15.1 Å². The molecule has 0 saturated carbocycles. The van der Waals surface area contributed by atoms with Gasteiger partial charge in [-0.25, -0.2) is 0 Å². The van der Waals surface area contributed by atoms with Gasteiger partial charge in [0.1, 0.15) is 0 Å². The van der Waals surface area contributed by atoms with Crippen LogP contribution in [0, 0.1) is 0 Å². The number of nitrogens with zero attached hydrogens (tertiary/aromatic N) is 3. The molecule has 0 atom stereocenters. The van der Waals surface area contributed by atoms with Crippen LogP contribution >= 0.6 is 0 Å². The molecule has 1 fully saturated rings. The Morgan fingerprint density at radius 3 is 1.95 bits per heavy atom. The van der Waals surface area contributed by atoms with Gasteiger partial charge in [0, 0.05) is 38.3 Å². The van der Waals surface area contributed by atoms with E-state index in [0.717, 1.165) is 30.5 Å². The highest BCUT2D eigenvalue weighted by Crippen LogP contribution is 2.26. The fourth-order valence-corrected chi connectivity index (χ4v) is 6.02. The molecule has 0 bridgehead atoms. The van der Waals surface area contributed by atoms with Crippen molar-refractivity contribution < 1.29 is 22.8 Å². The number of anilines is 1. The Kier molecular flexibility index (Phi) is 9.70. The summed E-state index contributed by atoms with van der Waals surface area (Å²) in [5.41, 5.74) is 1.86. The van der Waals surface area contributed by atoms with Crippen molar-refractivity contribution >= 4 is 27.5 Å². The molecule has 9 nitrogen and oxygen atoms in total. The normalized spacial score (nSPS) is 13.7. The Balaban J connectivity index is 1.15. The molecule has 0 spiro atoms. The Bertz CT molecular complexity index is 1590. The maximum Gasteiger partial charge on any atom is 0.295 e. The van der Waals surface area contributed by atoms with E-state index < -0.39 is 15.9 Å². The Morgan fingerprint density at radius 2 is 1.33 bits per heavy atom. The SMILES string of the molecule is O=C(NCC(=O)N1CCN(CCc2ccccc2)CC1)c1ccc(S(=O)(=O)N(Oc2ccccc2)c2ccccc2)cc1. The third kappa shape index (κ3) is 7.79. The number of sulfonamides is 1. The van der Waals surface area contributed by atoms with E-state index in [2.05, 4.69) is 22.3 Å². The molecule has 10 heteroatoms. The summed E-state index contributed by atoms with van der Waals surface area (Å²) < 4.78 is 28.0. The van der Waals surface area contributed by atoms with E-state index in [0.29, 0.717) is 24.5 Å². The van der Waals surface area contributed by atoms with Crippen molar-refractivity contribution in [3.63, 3.8) is 0 Å². The molecule has 222 valence electrons. The zero-order valence-corrected chi connectivity index (χ0v) is 24.5. The van der Waals surface area contributed by atoms with E-state index in [4.69, 9.17) is 4.84 Å². The average Bonchev–Trinajstić information content (AvgIpc) is 3.06. The first-order valence-electron chi connectivity index (χ1n) is 14.2. The van der Waals surface area contributed by atoms with Gasteiger partial charge in [0.05, 0.1) is 17.1 Å². The number of benzene rings is 4. The number of nitrogens with one attached hydrogen (secondary N) is 1. The summed E-state index contributed by atoms with van der Waals surface area (Å²) in [6.07, 6.45) is 0.968. The van der Waals surface area contributed by atoms with Crippen LogP contribution < -0.4 is 14.6 Å². The van der Waals surface area contributed by atoms with Gasteiger partial charge in [-0.15, -0.1) is 0 Å². The summed E-state index contributed by atoms with van der Waals surface area (Å²) in [6, 6.07) is 33.0. The molecule has 1 heterocycles. The van der Waals surface area contributed by atoms with Gasteiger partial charge in [-0.3, -0.25) is 14.5 Å². The summed E-state index contributed by atoms with van der Waals surface area (Å²) in [5, 5.41) is 2.67. The number of para-hydroxylation sites is 2. The molecule has 43 heavy (non-hydrogen) atoms. The number of amides is 2. The van der Waals surface area contributed by atoms with Gasteiger partial charge in [-0.05, 0) is 60.5 Å². The van der Waals surface area contributed by atoms with Gasteiger partial charge in [0.15, 0.2) is 5.75 Å². The quantitative estimate of drug-likeness (QED) is 0.262. The number of piperazine rings is 1. The first-order chi connectivity index (χ1) is 20.9. The summed E-state index contributed by atoms with van der Waals surface area (Å²) in [7, 11) is -4.15. The summed E-state index contributed by atoms with van der Waals surface area (Å²) >= 11 is 0. The predicted octanol–water partition coefficient (Wildman–Crippen LogP) is 3.99. The lowest BCUT2D eigenvalue weighted by Gasteiger charge is -2.34. The number of hydrogen-bond acceptors (Lipinski definition) is 6. The largest absolute Gasteiger partial charge is 0.364 e. The first kappa shape index (κ1) is 29.8. The van der Waals surface area contributed by atoms with Gasteiger partial charge < -0.3 is 15.1 Å². The van der Waals surface area contributed by atoms with Crippen LogP contribution in [0.15, 0.2) is 120 Å². The maximum absolute atomic E-state index is 13.6. The molecule has 4 aromatic carbocycles. The maximum atomic E-state index is 13.6. The topological polar surface area (TPSA) is 99.3 Å². The van der Waals surface area contributed by atoms with Crippen molar-refractivity contribution in [1.29, 1.82) is 0 Å². The second-order valence-electron chi connectivity index (χ2n) is 10.1. The Hall–Kier alpha value is -4.67. The summed E-state index contributed by atoms with van der Waals surface area (Å²) in [6.45, 7) is 3.61. The van der Waals surface area contributed by atoms with Gasteiger partial charge in [-0.1, -0.05) is 71.2 Å². The molecule has 1 aliphatic heterocycles. The second kappa shape index (κ2) is 14.0. The van der Waals surface area contributed by atoms with Crippen molar-refractivity contribution in [3.05, 3.63) is 126 Å². The average molecular weight is 599 g/mol. The van der Waals surface area contributed by atoms with Crippen LogP contribution in [-0.4, -0.2) is 69.3 Å². The van der Waals surface area contributed by atoms with E-state index in [1.165, 1.54) is 29.8 Å². The smallest absolute Gasteiger partial charge is 0.295 e. The zero-order chi connectivity index (χ0) is 30.1. The Labute approximate surface area is 252 Å². The molecular formula is C33H34N4O5S. The fraction of sp³-hybridized carbons (Fsp3) is 0.212. The minimum absolute atomic E-state index is 0.0509. The van der Waals surface area contributed by atoms with Crippen molar-refractivity contribution in [2.24, 2.45) is 0 Å². The summed E-state index contributed by atoms with van der Waals surface area (Å²) in [4.78, 5) is 35.4. The number of hydrogen-bond donors (Lipinski definition) is 1. The van der Waals surface area contributed by atoms with E-state index in [9.17, 15) is 18.0 Å². The highest BCUT2D eigenvalue weighted by molar-refractivity contribution is 7.92. The van der Waals surface area contributed by atoms with Crippen LogP contribution in [0.4, 0.5) is 5.69 Å². The van der Waals surface area contributed by atoms with Crippen LogP contribution in [0.25, 0.3) is 0 Å². The van der Waals surface area contributed by atoms with E-state index in [-0.39, 0.29) is 22.9 Å². The number of carbonyl (C=O) groups is 2. The molecule has 5 rings (SSSR count). The van der Waals surface area contributed by atoms with Gasteiger partial charge >= 0.3 is 0 Å². The minimum atomic E-state index is -4.15. The van der Waals surface area contributed by atoms with Crippen LogP contribution in [0.1, 0.15) is 15.9 Å². The lowest BCUT2D eigenvalue weighted by Crippen LogP contribution is -2.51. The molecule has 0 aliphatic carbocycles. The fourth-order valence-electron chi connectivity index (χ4n) is 4.76. The molecule has 1 aliphatic rings. The van der Waals surface area contributed by atoms with Crippen LogP contribution in [0.2, 0.25) is 0 Å².